The molecule has 0 spiro atoms. The molecule has 2 aromatic carbocycles. The molecule has 0 aliphatic heterocycles. The Morgan fingerprint density at radius 3 is 2.17 bits per heavy atom. The molecule has 5 nitrogen and oxygen atoms in total. The predicted octanol–water partition coefficient (Wildman–Crippen LogP) is 4.92. The second-order valence-corrected chi connectivity index (χ2v) is 5.83. The van der Waals surface area contributed by atoms with Gasteiger partial charge in [-0.2, -0.15) is 17.6 Å². The van der Waals surface area contributed by atoms with Gasteiger partial charge in [0.15, 0.2) is 11.5 Å². The number of hydrogen-bond donors (Lipinski definition) is 1. The summed E-state index contributed by atoms with van der Waals surface area (Å²) in [6.07, 6.45) is 1.49. The molecule has 1 heterocycles. The highest BCUT2D eigenvalue weighted by atomic mass is 19.3. The van der Waals surface area contributed by atoms with Gasteiger partial charge in [0.05, 0.1) is 6.54 Å². The van der Waals surface area contributed by atoms with E-state index in [1.807, 2.05) is 0 Å². The summed E-state index contributed by atoms with van der Waals surface area (Å²) in [6.45, 7) is -6.33. The van der Waals surface area contributed by atoms with Crippen LogP contribution in [-0.4, -0.2) is 18.2 Å². The number of alkyl halides is 4. The maximum atomic E-state index is 12.8. The van der Waals surface area contributed by atoms with E-state index in [-0.39, 0.29) is 12.1 Å². The highest BCUT2D eigenvalue weighted by Gasteiger charge is 2.19. The van der Waals surface area contributed by atoms with Gasteiger partial charge in [-0.15, -0.1) is 0 Å². The lowest BCUT2D eigenvalue weighted by molar-refractivity contribution is -0.0692. The fraction of sp³-hybridized carbons (Fsp3) is 0.150. The number of anilines is 2. The van der Waals surface area contributed by atoms with Crippen molar-refractivity contribution in [3.8, 4) is 11.5 Å². The smallest absolute Gasteiger partial charge is 0.387 e. The van der Waals surface area contributed by atoms with Crippen molar-refractivity contribution >= 4 is 11.4 Å². The topological polar surface area (TPSA) is 54.6 Å². The second-order valence-electron chi connectivity index (χ2n) is 5.83. The van der Waals surface area contributed by atoms with Crippen molar-refractivity contribution < 1.29 is 27.0 Å². The Kier molecular flexibility index (Phi) is 6.38. The van der Waals surface area contributed by atoms with Crippen LogP contribution in [0, 0.1) is 0 Å². The van der Waals surface area contributed by atoms with Crippen molar-refractivity contribution in [3.63, 3.8) is 0 Å². The number of H-pyrrole nitrogens is 1. The highest BCUT2D eigenvalue weighted by molar-refractivity contribution is 5.66. The largest absolute Gasteiger partial charge is 0.431 e. The molecular formula is C20H16F4N2O3. The van der Waals surface area contributed by atoms with E-state index < -0.39 is 24.7 Å². The molecule has 0 fully saturated rings. The molecule has 0 saturated heterocycles. The van der Waals surface area contributed by atoms with Gasteiger partial charge in [-0.1, -0.05) is 24.3 Å². The number of aromatic amines is 1. The van der Waals surface area contributed by atoms with Crippen LogP contribution in [0.2, 0.25) is 0 Å². The van der Waals surface area contributed by atoms with E-state index in [0.717, 1.165) is 12.1 Å². The number of benzene rings is 2. The number of para-hydroxylation sites is 1. The Labute approximate surface area is 163 Å². The zero-order chi connectivity index (χ0) is 20.8. The van der Waals surface area contributed by atoms with E-state index in [0.29, 0.717) is 16.9 Å². The third kappa shape index (κ3) is 5.28. The molecule has 9 heteroatoms. The molecule has 3 rings (SSSR count). The van der Waals surface area contributed by atoms with Crippen LogP contribution < -0.4 is 19.9 Å². The third-order valence-electron chi connectivity index (χ3n) is 3.97. The molecular weight excluding hydrogens is 392 g/mol. The van der Waals surface area contributed by atoms with Gasteiger partial charge in [-0.25, -0.2) is 0 Å². The van der Waals surface area contributed by atoms with E-state index in [9.17, 15) is 22.4 Å². The highest BCUT2D eigenvalue weighted by Crippen LogP contribution is 2.37. The maximum absolute atomic E-state index is 12.8. The summed E-state index contributed by atoms with van der Waals surface area (Å²) in [5, 5.41) is 0. The molecule has 0 unspecified atom stereocenters. The summed E-state index contributed by atoms with van der Waals surface area (Å²) in [5.74, 6) is -1.06. The van der Waals surface area contributed by atoms with Gasteiger partial charge in [0.2, 0.25) is 0 Å². The van der Waals surface area contributed by atoms with Gasteiger partial charge in [-0.3, -0.25) is 4.79 Å². The zero-order valence-corrected chi connectivity index (χ0v) is 14.9. The lowest BCUT2D eigenvalue weighted by Crippen LogP contribution is -2.22. The second kappa shape index (κ2) is 9.13. The minimum Gasteiger partial charge on any atom is -0.431 e. The van der Waals surface area contributed by atoms with Crippen LogP contribution in [-0.2, 0) is 6.54 Å². The zero-order valence-electron chi connectivity index (χ0n) is 14.9. The quantitative estimate of drug-likeness (QED) is 0.538. The van der Waals surface area contributed by atoms with Crippen molar-refractivity contribution in [1.29, 1.82) is 0 Å². The maximum Gasteiger partial charge on any atom is 0.387 e. The molecule has 29 heavy (non-hydrogen) atoms. The number of rotatable bonds is 8. The SMILES string of the molecule is O=c1[nH]cccc1CN(c1ccccc1)c1ccc(OC(F)F)c(OC(F)F)c1. The lowest BCUT2D eigenvalue weighted by Gasteiger charge is -2.26. The average molecular weight is 408 g/mol. The predicted molar refractivity (Wildman–Crippen MR) is 99.1 cm³/mol. The Morgan fingerprint density at radius 1 is 0.828 bits per heavy atom. The van der Waals surface area contributed by atoms with E-state index in [4.69, 9.17) is 0 Å². The molecule has 0 radical (unpaired) electrons. The number of halogens is 4. The number of pyridine rings is 1. The minimum atomic E-state index is -3.23. The van der Waals surface area contributed by atoms with Crippen LogP contribution in [0.3, 0.4) is 0 Å². The minimum absolute atomic E-state index is 0.101. The molecule has 3 aromatic rings. The first-order valence-corrected chi connectivity index (χ1v) is 8.47. The molecule has 0 bridgehead atoms. The van der Waals surface area contributed by atoms with Crippen molar-refractivity contribution in [2.45, 2.75) is 19.8 Å². The van der Waals surface area contributed by atoms with Crippen molar-refractivity contribution in [3.05, 3.63) is 82.8 Å². The molecule has 152 valence electrons. The normalized spacial score (nSPS) is 11.0. The average Bonchev–Trinajstić information content (AvgIpc) is 2.69. The van der Waals surface area contributed by atoms with Crippen molar-refractivity contribution in [2.75, 3.05) is 4.90 Å². The van der Waals surface area contributed by atoms with Gasteiger partial charge >= 0.3 is 13.2 Å². The van der Waals surface area contributed by atoms with Crippen LogP contribution in [0.1, 0.15) is 5.56 Å². The van der Waals surface area contributed by atoms with Crippen molar-refractivity contribution in [1.82, 2.24) is 4.98 Å². The standard InChI is InChI=1S/C20H16F4N2O3/c21-19(22)28-16-9-8-15(11-17(16)29-20(23)24)26(14-6-2-1-3-7-14)12-13-5-4-10-25-18(13)27/h1-11,19-20H,12H2,(H,25,27). The monoisotopic (exact) mass is 408 g/mol. The van der Waals surface area contributed by atoms with Crippen LogP contribution in [0.5, 0.6) is 11.5 Å². The fourth-order valence-electron chi connectivity index (χ4n) is 2.74. The molecule has 1 N–H and O–H groups in total. The van der Waals surface area contributed by atoms with Crippen LogP contribution >= 0.6 is 0 Å². The van der Waals surface area contributed by atoms with E-state index in [2.05, 4.69) is 14.5 Å². The van der Waals surface area contributed by atoms with Crippen molar-refractivity contribution in [2.24, 2.45) is 0 Å². The molecule has 0 amide bonds. The van der Waals surface area contributed by atoms with Crippen LogP contribution in [0.4, 0.5) is 28.9 Å². The first-order chi connectivity index (χ1) is 13.9. The summed E-state index contributed by atoms with van der Waals surface area (Å²) < 4.78 is 59.3. The van der Waals surface area contributed by atoms with Gasteiger partial charge < -0.3 is 19.4 Å². The van der Waals surface area contributed by atoms with Gasteiger partial charge in [-0.05, 0) is 30.3 Å². The molecule has 0 atom stereocenters. The number of hydrogen-bond acceptors (Lipinski definition) is 4. The van der Waals surface area contributed by atoms with Crippen LogP contribution in [0.25, 0.3) is 0 Å². The molecule has 0 saturated carbocycles. The Balaban J connectivity index is 2.05. The summed E-state index contributed by atoms with van der Waals surface area (Å²) in [4.78, 5) is 16.3. The first-order valence-electron chi connectivity index (χ1n) is 8.47. The van der Waals surface area contributed by atoms with E-state index >= 15 is 0 Å². The molecule has 1 aromatic heterocycles. The third-order valence-corrected chi connectivity index (χ3v) is 3.97. The fourth-order valence-corrected chi connectivity index (χ4v) is 2.74. The number of aromatic nitrogens is 1. The Hall–Kier alpha value is -3.49. The number of nitrogens with zero attached hydrogens (tertiary/aromatic N) is 1. The first kappa shape index (κ1) is 20.2. The van der Waals surface area contributed by atoms with E-state index in [1.54, 1.807) is 47.4 Å². The summed E-state index contributed by atoms with van der Waals surface area (Å²) in [5.41, 5.74) is 1.11. The molecule has 0 aliphatic rings. The number of nitrogens with one attached hydrogen (secondary N) is 1. The van der Waals surface area contributed by atoms with Gasteiger partial charge in [0.25, 0.3) is 5.56 Å². The Morgan fingerprint density at radius 2 is 1.52 bits per heavy atom. The molecule has 0 aliphatic carbocycles. The lowest BCUT2D eigenvalue weighted by atomic mass is 10.2. The summed E-state index contributed by atoms with van der Waals surface area (Å²) >= 11 is 0. The van der Waals surface area contributed by atoms with Gasteiger partial charge in [0, 0.05) is 29.2 Å². The van der Waals surface area contributed by atoms with Gasteiger partial charge in [0.1, 0.15) is 0 Å². The Bertz CT molecular complexity index is 996. The van der Waals surface area contributed by atoms with E-state index in [1.165, 1.54) is 12.3 Å². The summed E-state index contributed by atoms with van der Waals surface area (Å²) in [7, 11) is 0. The number of ether oxygens (including phenoxy) is 2. The summed E-state index contributed by atoms with van der Waals surface area (Å²) in [6, 6.07) is 15.8. The van der Waals surface area contributed by atoms with Crippen LogP contribution in [0.15, 0.2) is 71.7 Å².